The van der Waals surface area contributed by atoms with Gasteiger partial charge in [0.2, 0.25) is 5.88 Å². The lowest BCUT2D eigenvalue weighted by Gasteiger charge is -2.13. The van der Waals surface area contributed by atoms with E-state index >= 15 is 0 Å². The molecule has 5 nitrogen and oxygen atoms in total. The normalized spacial score (nSPS) is 12.0. The van der Waals surface area contributed by atoms with Crippen molar-refractivity contribution in [3.63, 3.8) is 0 Å². The van der Waals surface area contributed by atoms with Crippen molar-refractivity contribution in [1.29, 1.82) is 0 Å². The van der Waals surface area contributed by atoms with Gasteiger partial charge in [-0.1, -0.05) is 0 Å². The van der Waals surface area contributed by atoms with Crippen LogP contribution in [0.2, 0.25) is 0 Å². The number of hydrogen-bond donors (Lipinski definition) is 1. The Morgan fingerprint density at radius 2 is 2.19 bits per heavy atom. The molecule has 1 aromatic rings. The first-order valence-electron chi connectivity index (χ1n) is 4.92. The summed E-state index contributed by atoms with van der Waals surface area (Å²) in [6, 6.07) is 3.50. The van der Waals surface area contributed by atoms with E-state index in [9.17, 15) is 4.79 Å². The molecule has 0 aromatic carbocycles. The second-order valence-electron chi connectivity index (χ2n) is 3.40. The number of aryl methyl sites for hydroxylation is 1. The van der Waals surface area contributed by atoms with Crippen LogP contribution in [0.3, 0.4) is 0 Å². The molecule has 0 spiro atoms. The van der Waals surface area contributed by atoms with Crippen LogP contribution in [0.1, 0.15) is 17.2 Å². The molecule has 0 bridgehead atoms. The smallest absolute Gasteiger partial charge is 0.314 e. The molecular weight excluding hydrogens is 208 g/mol. The van der Waals surface area contributed by atoms with Gasteiger partial charge in [-0.15, -0.1) is 0 Å². The number of carbonyl (C=O) groups excluding carboxylic acids is 1. The Kier molecular flexibility index (Phi) is 4.25. The third-order valence-corrected chi connectivity index (χ3v) is 2.29. The lowest BCUT2D eigenvalue weighted by atomic mass is 10.00. The minimum absolute atomic E-state index is 0.194. The van der Waals surface area contributed by atoms with E-state index in [1.807, 2.05) is 6.92 Å². The number of nitrogens with two attached hydrogens (primary N) is 1. The molecule has 0 aliphatic carbocycles. The van der Waals surface area contributed by atoms with E-state index in [0.717, 1.165) is 11.3 Å². The Morgan fingerprint density at radius 3 is 2.69 bits per heavy atom. The third-order valence-electron chi connectivity index (χ3n) is 2.29. The van der Waals surface area contributed by atoms with E-state index in [1.165, 1.54) is 14.2 Å². The van der Waals surface area contributed by atoms with Crippen molar-refractivity contribution in [2.24, 2.45) is 5.73 Å². The van der Waals surface area contributed by atoms with Crippen LogP contribution in [0.5, 0.6) is 5.88 Å². The summed E-state index contributed by atoms with van der Waals surface area (Å²) in [4.78, 5) is 15.6. The van der Waals surface area contributed by atoms with Crippen LogP contribution in [-0.4, -0.2) is 31.7 Å². The lowest BCUT2D eigenvalue weighted by Crippen LogP contribution is -2.23. The summed E-state index contributed by atoms with van der Waals surface area (Å²) in [5, 5.41) is 0. The van der Waals surface area contributed by atoms with Gasteiger partial charge < -0.3 is 15.2 Å². The molecule has 1 rings (SSSR count). The highest BCUT2D eigenvalue weighted by atomic mass is 16.5. The molecule has 0 aliphatic rings. The largest absolute Gasteiger partial charge is 0.481 e. The zero-order valence-electron chi connectivity index (χ0n) is 9.69. The fourth-order valence-electron chi connectivity index (χ4n) is 1.48. The molecule has 88 valence electrons. The number of aromatic nitrogens is 1. The first-order valence-corrected chi connectivity index (χ1v) is 4.92. The topological polar surface area (TPSA) is 74.4 Å². The summed E-state index contributed by atoms with van der Waals surface area (Å²) in [5.41, 5.74) is 7.10. The van der Waals surface area contributed by atoms with Crippen molar-refractivity contribution in [2.45, 2.75) is 12.8 Å². The second kappa shape index (κ2) is 5.46. The summed E-state index contributed by atoms with van der Waals surface area (Å²) in [6.45, 7) is 2.02. The average molecular weight is 224 g/mol. The number of esters is 1. The highest BCUT2D eigenvalue weighted by molar-refractivity contribution is 5.78. The van der Waals surface area contributed by atoms with Gasteiger partial charge in [0.05, 0.1) is 20.1 Å². The van der Waals surface area contributed by atoms with E-state index < -0.39 is 5.92 Å². The van der Waals surface area contributed by atoms with E-state index in [1.54, 1.807) is 12.1 Å². The number of hydrogen-bond acceptors (Lipinski definition) is 5. The first kappa shape index (κ1) is 12.4. The van der Waals surface area contributed by atoms with E-state index in [0.29, 0.717) is 5.88 Å². The van der Waals surface area contributed by atoms with Gasteiger partial charge in [0.1, 0.15) is 0 Å². The van der Waals surface area contributed by atoms with Crippen molar-refractivity contribution in [3.05, 3.63) is 23.4 Å². The summed E-state index contributed by atoms with van der Waals surface area (Å²) < 4.78 is 9.73. The summed E-state index contributed by atoms with van der Waals surface area (Å²) in [7, 11) is 2.87. The molecule has 0 saturated heterocycles. The van der Waals surface area contributed by atoms with Gasteiger partial charge in [-0.25, -0.2) is 4.98 Å². The Hall–Kier alpha value is -1.62. The molecule has 1 aromatic heterocycles. The number of carbonyl (C=O) groups is 1. The maximum absolute atomic E-state index is 11.5. The number of rotatable bonds is 4. The highest BCUT2D eigenvalue weighted by Crippen LogP contribution is 2.21. The Balaban J connectivity index is 3.09. The molecular formula is C11H16N2O3. The number of methoxy groups -OCH3 is 2. The van der Waals surface area contributed by atoms with Gasteiger partial charge in [0.25, 0.3) is 0 Å². The molecule has 0 aliphatic heterocycles. The quantitative estimate of drug-likeness (QED) is 0.758. The zero-order valence-corrected chi connectivity index (χ0v) is 9.69. The molecule has 1 unspecified atom stereocenters. The molecule has 1 atom stereocenters. The second-order valence-corrected chi connectivity index (χ2v) is 3.40. The maximum atomic E-state index is 11.5. The first-order chi connectivity index (χ1) is 7.62. The zero-order chi connectivity index (χ0) is 12.1. The van der Waals surface area contributed by atoms with E-state index in [4.69, 9.17) is 15.2 Å². The fraction of sp³-hybridized carbons (Fsp3) is 0.455. The summed E-state index contributed by atoms with van der Waals surface area (Å²) >= 11 is 0. The lowest BCUT2D eigenvalue weighted by molar-refractivity contribution is -0.142. The van der Waals surface area contributed by atoms with Crippen LogP contribution in [0.4, 0.5) is 0 Å². The Bertz CT molecular complexity index is 379. The van der Waals surface area contributed by atoms with Crippen molar-refractivity contribution >= 4 is 5.97 Å². The van der Waals surface area contributed by atoms with Gasteiger partial charge in [-0.05, 0) is 18.6 Å². The Labute approximate surface area is 94.6 Å². The molecule has 0 saturated carbocycles. The number of nitrogens with zero attached hydrogens (tertiary/aromatic N) is 1. The van der Waals surface area contributed by atoms with Gasteiger partial charge in [0.15, 0.2) is 0 Å². The fourth-order valence-corrected chi connectivity index (χ4v) is 1.48. The molecule has 5 heteroatoms. The summed E-state index contributed by atoms with van der Waals surface area (Å²) in [6.07, 6.45) is 0. The number of ether oxygens (including phenoxy) is 2. The van der Waals surface area contributed by atoms with Crippen LogP contribution in [0.25, 0.3) is 0 Å². The molecule has 16 heavy (non-hydrogen) atoms. The number of pyridine rings is 1. The van der Waals surface area contributed by atoms with Crippen LogP contribution >= 0.6 is 0 Å². The summed E-state index contributed by atoms with van der Waals surface area (Å²) in [5.74, 6) is -0.354. The van der Waals surface area contributed by atoms with Crippen molar-refractivity contribution in [2.75, 3.05) is 20.8 Å². The molecule has 1 heterocycles. The molecule has 0 amide bonds. The van der Waals surface area contributed by atoms with Crippen molar-refractivity contribution in [3.8, 4) is 5.88 Å². The van der Waals surface area contributed by atoms with Crippen LogP contribution in [0.15, 0.2) is 12.1 Å². The Morgan fingerprint density at radius 1 is 1.50 bits per heavy atom. The highest BCUT2D eigenvalue weighted by Gasteiger charge is 2.20. The average Bonchev–Trinajstić information content (AvgIpc) is 2.29. The van der Waals surface area contributed by atoms with Gasteiger partial charge in [0, 0.05) is 18.3 Å². The van der Waals surface area contributed by atoms with E-state index in [-0.39, 0.29) is 12.5 Å². The van der Waals surface area contributed by atoms with Gasteiger partial charge in [-0.3, -0.25) is 4.79 Å². The minimum Gasteiger partial charge on any atom is -0.481 e. The third kappa shape index (κ3) is 2.70. The standard InChI is InChI=1S/C11H16N2O3/c1-7-4-8(5-10(13-7)15-2)9(6-12)11(14)16-3/h4-5,9H,6,12H2,1-3H3. The molecule has 0 radical (unpaired) electrons. The monoisotopic (exact) mass is 224 g/mol. The maximum Gasteiger partial charge on any atom is 0.314 e. The SMILES string of the molecule is COC(=O)C(CN)c1cc(C)nc(OC)c1. The predicted molar refractivity (Wildman–Crippen MR) is 59.3 cm³/mol. The van der Waals surface area contributed by atoms with E-state index in [2.05, 4.69) is 4.98 Å². The van der Waals surface area contributed by atoms with Gasteiger partial charge >= 0.3 is 5.97 Å². The van der Waals surface area contributed by atoms with Crippen LogP contribution in [0, 0.1) is 6.92 Å². The molecule has 2 N–H and O–H groups in total. The predicted octanol–water partition coefficient (Wildman–Crippen LogP) is 0.614. The van der Waals surface area contributed by atoms with Crippen molar-refractivity contribution < 1.29 is 14.3 Å². The minimum atomic E-state index is -0.472. The van der Waals surface area contributed by atoms with Crippen LogP contribution in [-0.2, 0) is 9.53 Å². The molecule has 0 fully saturated rings. The van der Waals surface area contributed by atoms with Crippen molar-refractivity contribution in [1.82, 2.24) is 4.98 Å². The van der Waals surface area contributed by atoms with Crippen LogP contribution < -0.4 is 10.5 Å². The van der Waals surface area contributed by atoms with Gasteiger partial charge in [-0.2, -0.15) is 0 Å².